The number of hydrogen-bond donors (Lipinski definition) is 2. The van der Waals surface area contributed by atoms with Gasteiger partial charge in [-0.25, -0.2) is 15.0 Å². The summed E-state index contributed by atoms with van der Waals surface area (Å²) in [6.45, 7) is 0.971. The first-order valence-corrected chi connectivity index (χ1v) is 10.9. The highest BCUT2D eigenvalue weighted by Crippen LogP contribution is 2.25. The average Bonchev–Trinajstić information content (AvgIpc) is 2.76. The number of fused-ring (bicyclic) bond motifs is 1. The number of pyridine rings is 1. The number of nitrogens with zero attached hydrogens (tertiary/aromatic N) is 4. The second-order valence-electron chi connectivity index (χ2n) is 8.30. The minimum atomic E-state index is -0.929. The first-order valence-electron chi connectivity index (χ1n) is 10.9. The number of carbonyl (C=O) groups excluding carboxylic acids is 1. The zero-order valence-corrected chi connectivity index (χ0v) is 18.3. The first-order chi connectivity index (χ1) is 14.9. The number of carboxylic acids is 1. The fraction of sp³-hybridized carbons (Fsp3) is 0.522. The highest BCUT2D eigenvalue weighted by Gasteiger charge is 2.20. The van der Waals surface area contributed by atoms with Crippen LogP contribution in [0, 0.1) is 0 Å². The zero-order valence-electron chi connectivity index (χ0n) is 18.3. The van der Waals surface area contributed by atoms with Crippen LogP contribution in [-0.4, -0.2) is 52.5 Å². The molecule has 166 valence electrons. The molecule has 1 aliphatic heterocycles. The summed E-state index contributed by atoms with van der Waals surface area (Å²) in [5.74, 6) is 0.285. The molecule has 2 aromatic rings. The van der Waals surface area contributed by atoms with E-state index < -0.39 is 11.9 Å². The van der Waals surface area contributed by atoms with Crippen molar-refractivity contribution in [3.63, 3.8) is 0 Å². The molecule has 2 N–H and O–H groups in total. The molecule has 0 spiro atoms. The third-order valence-corrected chi connectivity index (χ3v) is 5.52. The van der Waals surface area contributed by atoms with Gasteiger partial charge >= 0.3 is 5.97 Å². The fourth-order valence-corrected chi connectivity index (χ4v) is 3.80. The Bertz CT molecular complexity index is 899. The Morgan fingerprint density at radius 2 is 1.94 bits per heavy atom. The Labute approximate surface area is 183 Å². The van der Waals surface area contributed by atoms with Crippen LogP contribution in [0.25, 0.3) is 0 Å². The van der Waals surface area contributed by atoms with E-state index in [2.05, 4.69) is 27.4 Å². The highest BCUT2D eigenvalue weighted by atomic mass is 16.4. The van der Waals surface area contributed by atoms with Gasteiger partial charge in [0.25, 0.3) is 0 Å². The van der Waals surface area contributed by atoms with Gasteiger partial charge in [-0.1, -0.05) is 6.07 Å². The van der Waals surface area contributed by atoms with Crippen LogP contribution >= 0.6 is 0 Å². The minimum Gasteiger partial charge on any atom is -0.481 e. The third kappa shape index (κ3) is 6.73. The maximum Gasteiger partial charge on any atom is 0.303 e. The van der Waals surface area contributed by atoms with Gasteiger partial charge in [-0.2, -0.15) is 0 Å². The van der Waals surface area contributed by atoms with Gasteiger partial charge in [0.2, 0.25) is 5.95 Å². The molecule has 1 unspecified atom stereocenters. The SMILES string of the molecule is CN(C)c1ncc(C(CC(=O)O)CC(=O)CCCCc2ccc3c(n2)NCCC3)cn1. The summed E-state index contributed by atoms with van der Waals surface area (Å²) >= 11 is 0. The lowest BCUT2D eigenvalue weighted by Gasteiger charge is -2.17. The Morgan fingerprint density at radius 3 is 2.65 bits per heavy atom. The van der Waals surface area contributed by atoms with E-state index in [4.69, 9.17) is 4.98 Å². The molecule has 2 aromatic heterocycles. The normalized spacial score (nSPS) is 13.7. The Kier molecular flexibility index (Phi) is 7.92. The molecule has 0 aliphatic carbocycles. The molecule has 0 saturated heterocycles. The maximum absolute atomic E-state index is 12.5. The van der Waals surface area contributed by atoms with Crippen molar-refractivity contribution in [2.45, 2.75) is 57.3 Å². The monoisotopic (exact) mass is 425 g/mol. The van der Waals surface area contributed by atoms with E-state index in [9.17, 15) is 14.7 Å². The largest absolute Gasteiger partial charge is 0.481 e. The highest BCUT2D eigenvalue weighted by molar-refractivity contribution is 5.80. The standard InChI is InChI=1S/C23H31N5O3/c1-28(2)23-25-14-18(15-26-23)17(13-21(30)31)12-20(29)8-4-3-7-19-10-9-16-6-5-11-24-22(16)27-19/h9-10,14-15,17H,3-8,11-13H2,1-2H3,(H,24,27)(H,30,31). The average molecular weight is 426 g/mol. The number of aromatic nitrogens is 3. The number of aliphatic carboxylic acids is 1. The lowest BCUT2D eigenvalue weighted by molar-refractivity contribution is -0.137. The van der Waals surface area contributed by atoms with E-state index in [1.165, 1.54) is 5.56 Å². The lowest BCUT2D eigenvalue weighted by Crippen LogP contribution is -2.15. The van der Waals surface area contributed by atoms with Crippen molar-refractivity contribution in [3.8, 4) is 0 Å². The van der Waals surface area contributed by atoms with Crippen LogP contribution in [0.2, 0.25) is 0 Å². The maximum atomic E-state index is 12.5. The third-order valence-electron chi connectivity index (χ3n) is 5.52. The van der Waals surface area contributed by atoms with Gasteiger partial charge in [0, 0.05) is 57.5 Å². The number of rotatable bonds is 11. The van der Waals surface area contributed by atoms with Crippen LogP contribution in [0.5, 0.6) is 0 Å². The molecule has 1 atom stereocenters. The summed E-state index contributed by atoms with van der Waals surface area (Å²) in [5.41, 5.74) is 3.01. The molecule has 0 fully saturated rings. The molecule has 3 heterocycles. The molecule has 1 aliphatic rings. The van der Waals surface area contributed by atoms with Crippen molar-refractivity contribution < 1.29 is 14.7 Å². The second-order valence-corrected chi connectivity index (χ2v) is 8.30. The fourth-order valence-electron chi connectivity index (χ4n) is 3.80. The quantitative estimate of drug-likeness (QED) is 0.528. The molecule has 31 heavy (non-hydrogen) atoms. The summed E-state index contributed by atoms with van der Waals surface area (Å²) in [6, 6.07) is 4.23. The van der Waals surface area contributed by atoms with Gasteiger partial charge < -0.3 is 15.3 Å². The number of Topliss-reactive ketones (excluding diaryl/α,β-unsaturated/α-hetero) is 1. The van der Waals surface area contributed by atoms with Gasteiger partial charge in [-0.3, -0.25) is 9.59 Å². The molecule has 0 amide bonds. The summed E-state index contributed by atoms with van der Waals surface area (Å²) in [6.07, 6.45) is 8.47. The predicted molar refractivity (Wildman–Crippen MR) is 120 cm³/mol. The van der Waals surface area contributed by atoms with Crippen molar-refractivity contribution >= 4 is 23.5 Å². The van der Waals surface area contributed by atoms with Gasteiger partial charge in [0.05, 0.1) is 6.42 Å². The number of carbonyl (C=O) groups is 2. The summed E-state index contributed by atoms with van der Waals surface area (Å²) in [5, 5.41) is 12.6. The zero-order chi connectivity index (χ0) is 22.2. The van der Waals surface area contributed by atoms with E-state index in [1.807, 2.05) is 14.1 Å². The number of aryl methyl sites for hydroxylation is 2. The van der Waals surface area contributed by atoms with Crippen LogP contribution in [0.3, 0.4) is 0 Å². The van der Waals surface area contributed by atoms with E-state index >= 15 is 0 Å². The number of unbranched alkanes of at least 4 members (excludes halogenated alkanes) is 1. The van der Waals surface area contributed by atoms with Crippen molar-refractivity contribution in [1.29, 1.82) is 0 Å². The number of carboxylic acid groups (broad SMARTS) is 1. The van der Waals surface area contributed by atoms with E-state index in [-0.39, 0.29) is 18.6 Å². The lowest BCUT2D eigenvalue weighted by atomic mass is 9.91. The molecule has 0 aromatic carbocycles. The smallest absolute Gasteiger partial charge is 0.303 e. The van der Waals surface area contributed by atoms with Crippen molar-refractivity contribution in [1.82, 2.24) is 15.0 Å². The van der Waals surface area contributed by atoms with Crippen LogP contribution in [0.1, 0.15) is 61.3 Å². The first kappa shape index (κ1) is 22.7. The predicted octanol–water partition coefficient (Wildman–Crippen LogP) is 3.23. The van der Waals surface area contributed by atoms with Crippen molar-refractivity contribution in [2.75, 3.05) is 30.9 Å². The molecule has 3 rings (SSSR count). The van der Waals surface area contributed by atoms with Gasteiger partial charge in [-0.05, 0) is 49.3 Å². The summed E-state index contributed by atoms with van der Waals surface area (Å²) in [4.78, 5) is 38.8. The number of anilines is 2. The van der Waals surface area contributed by atoms with Gasteiger partial charge in [0.1, 0.15) is 11.6 Å². The molecule has 0 saturated carbocycles. The Morgan fingerprint density at radius 1 is 1.16 bits per heavy atom. The van der Waals surface area contributed by atoms with Crippen LogP contribution in [0.4, 0.5) is 11.8 Å². The molecule has 0 bridgehead atoms. The molecule has 8 nitrogen and oxygen atoms in total. The summed E-state index contributed by atoms with van der Waals surface area (Å²) < 4.78 is 0. The Balaban J connectivity index is 1.48. The minimum absolute atomic E-state index is 0.0722. The van der Waals surface area contributed by atoms with E-state index in [1.54, 1.807) is 17.3 Å². The van der Waals surface area contributed by atoms with Crippen molar-refractivity contribution in [2.24, 2.45) is 0 Å². The molecule has 8 heteroatoms. The van der Waals surface area contributed by atoms with Crippen LogP contribution in [0.15, 0.2) is 24.5 Å². The van der Waals surface area contributed by atoms with Gasteiger partial charge in [0.15, 0.2) is 0 Å². The van der Waals surface area contributed by atoms with E-state index in [0.717, 1.165) is 50.2 Å². The second kappa shape index (κ2) is 10.8. The number of ketones is 1. The topological polar surface area (TPSA) is 108 Å². The van der Waals surface area contributed by atoms with E-state index in [0.29, 0.717) is 17.9 Å². The molecular formula is C23H31N5O3. The Hall–Kier alpha value is -3.03. The molecular weight excluding hydrogens is 394 g/mol. The van der Waals surface area contributed by atoms with Crippen LogP contribution in [-0.2, 0) is 22.4 Å². The number of nitrogens with one attached hydrogen (secondary N) is 1. The summed E-state index contributed by atoms with van der Waals surface area (Å²) in [7, 11) is 3.67. The molecule has 0 radical (unpaired) electrons. The number of hydrogen-bond acceptors (Lipinski definition) is 7. The van der Waals surface area contributed by atoms with Crippen LogP contribution < -0.4 is 10.2 Å². The van der Waals surface area contributed by atoms with Crippen molar-refractivity contribution in [3.05, 3.63) is 41.3 Å². The van der Waals surface area contributed by atoms with Gasteiger partial charge in [-0.15, -0.1) is 0 Å².